The van der Waals surface area contributed by atoms with Crippen LogP contribution in [-0.2, 0) is 11.3 Å². The molecule has 0 aliphatic rings. The predicted molar refractivity (Wildman–Crippen MR) is 106 cm³/mol. The summed E-state index contributed by atoms with van der Waals surface area (Å²) >= 11 is 0. The number of benzene rings is 2. The van der Waals surface area contributed by atoms with Gasteiger partial charge in [0.15, 0.2) is 0 Å². The molecule has 138 valence electrons. The van der Waals surface area contributed by atoms with Crippen molar-refractivity contribution in [1.82, 2.24) is 4.57 Å². The fourth-order valence-electron chi connectivity index (χ4n) is 2.91. The Morgan fingerprint density at radius 2 is 1.65 bits per heavy atom. The lowest BCUT2D eigenvalue weighted by Gasteiger charge is -2.16. The number of aliphatic hydroxyl groups is 1. The molecule has 0 aliphatic carbocycles. The lowest BCUT2D eigenvalue weighted by Crippen LogP contribution is -2.25. The molecular weight excluding hydrogens is 328 g/mol. The quantitative estimate of drug-likeness (QED) is 0.651. The Morgan fingerprint density at radius 3 is 2.31 bits per heavy atom. The van der Waals surface area contributed by atoms with Crippen LogP contribution in [0.3, 0.4) is 0 Å². The summed E-state index contributed by atoms with van der Waals surface area (Å²) in [6.07, 6.45) is -0.436. The lowest BCUT2D eigenvalue weighted by molar-refractivity contribution is -0.134. The van der Waals surface area contributed by atoms with Crippen molar-refractivity contribution in [3.63, 3.8) is 0 Å². The van der Waals surface area contributed by atoms with Gasteiger partial charge in [-0.05, 0) is 37.6 Å². The number of aromatic nitrogens is 1. The highest BCUT2D eigenvalue weighted by Crippen LogP contribution is 2.25. The van der Waals surface area contributed by atoms with Crippen LogP contribution >= 0.6 is 0 Å². The van der Waals surface area contributed by atoms with Crippen molar-refractivity contribution in [2.24, 2.45) is 0 Å². The van der Waals surface area contributed by atoms with Crippen LogP contribution < -0.4 is 5.32 Å². The van der Waals surface area contributed by atoms with Crippen molar-refractivity contribution in [2.75, 3.05) is 11.9 Å². The van der Waals surface area contributed by atoms with E-state index < -0.39 is 12.1 Å². The van der Waals surface area contributed by atoms with E-state index in [0.717, 1.165) is 12.6 Å². The zero-order valence-electron chi connectivity index (χ0n) is 15.4. The van der Waals surface area contributed by atoms with Gasteiger partial charge in [0.1, 0.15) is 0 Å². The molecule has 5 heteroatoms. The number of aliphatic carboxylic acids is 1. The van der Waals surface area contributed by atoms with Gasteiger partial charge in [-0.2, -0.15) is 0 Å². The van der Waals surface area contributed by atoms with E-state index in [0.29, 0.717) is 13.1 Å². The Bertz CT molecular complexity index is 852. The van der Waals surface area contributed by atoms with E-state index in [2.05, 4.69) is 41.9 Å². The molecule has 3 rings (SSSR count). The molecule has 1 aromatic heterocycles. The summed E-state index contributed by atoms with van der Waals surface area (Å²) < 4.78 is 2.21. The fraction of sp³-hybridized carbons (Fsp3) is 0.286. The SMILES string of the molecule is CC(=O)O.Cc1c(C)n(CC(O)CNc2ccccc2)c2ccccc12. The Kier molecular flexibility index (Phi) is 6.81. The zero-order chi connectivity index (χ0) is 19.1. The maximum atomic E-state index is 10.4. The van der Waals surface area contributed by atoms with E-state index in [1.807, 2.05) is 36.4 Å². The minimum absolute atomic E-state index is 0.436. The van der Waals surface area contributed by atoms with E-state index in [1.54, 1.807) is 0 Å². The number of nitrogens with zero attached hydrogens (tertiary/aromatic N) is 1. The number of carboxylic acid groups (broad SMARTS) is 1. The van der Waals surface area contributed by atoms with Crippen molar-refractivity contribution in [3.8, 4) is 0 Å². The predicted octanol–water partition coefficient (Wildman–Crippen LogP) is 3.82. The first-order valence-electron chi connectivity index (χ1n) is 8.61. The van der Waals surface area contributed by atoms with Gasteiger partial charge in [0.25, 0.3) is 5.97 Å². The molecule has 1 unspecified atom stereocenters. The van der Waals surface area contributed by atoms with Gasteiger partial charge in [0.05, 0.1) is 12.6 Å². The van der Waals surface area contributed by atoms with Gasteiger partial charge in [-0.25, -0.2) is 0 Å². The lowest BCUT2D eigenvalue weighted by atomic mass is 10.2. The van der Waals surface area contributed by atoms with E-state index in [9.17, 15) is 5.11 Å². The average molecular weight is 354 g/mol. The third-order valence-electron chi connectivity index (χ3n) is 4.26. The van der Waals surface area contributed by atoms with Gasteiger partial charge in [-0.15, -0.1) is 0 Å². The standard InChI is InChI=1S/C19H22N2O.C2H4O2/c1-14-15(2)21(19-11-7-6-10-18(14)19)13-17(22)12-20-16-8-4-3-5-9-16;1-2(3)4/h3-11,17,20,22H,12-13H2,1-2H3;1H3,(H,3,4). The molecular formula is C21H26N2O3. The summed E-state index contributed by atoms with van der Waals surface area (Å²) in [5.41, 5.74) is 4.74. The molecule has 0 saturated carbocycles. The van der Waals surface area contributed by atoms with Crippen molar-refractivity contribution < 1.29 is 15.0 Å². The second-order valence-electron chi connectivity index (χ2n) is 6.26. The number of carbonyl (C=O) groups is 1. The number of hydrogen-bond donors (Lipinski definition) is 3. The van der Waals surface area contributed by atoms with Gasteiger partial charge in [-0.3, -0.25) is 4.79 Å². The van der Waals surface area contributed by atoms with Crippen LogP contribution in [0.5, 0.6) is 0 Å². The maximum Gasteiger partial charge on any atom is 0.300 e. The maximum absolute atomic E-state index is 10.4. The summed E-state index contributed by atoms with van der Waals surface area (Å²) in [7, 11) is 0. The van der Waals surface area contributed by atoms with E-state index >= 15 is 0 Å². The fourth-order valence-corrected chi connectivity index (χ4v) is 2.91. The summed E-state index contributed by atoms with van der Waals surface area (Å²) in [5, 5.41) is 22.3. The molecule has 1 heterocycles. The van der Waals surface area contributed by atoms with Gasteiger partial charge in [0.2, 0.25) is 0 Å². The minimum Gasteiger partial charge on any atom is -0.481 e. The van der Waals surface area contributed by atoms with Crippen molar-refractivity contribution in [2.45, 2.75) is 33.4 Å². The van der Waals surface area contributed by atoms with Gasteiger partial charge >= 0.3 is 0 Å². The minimum atomic E-state index is -0.833. The highest BCUT2D eigenvalue weighted by atomic mass is 16.4. The van der Waals surface area contributed by atoms with E-state index in [-0.39, 0.29) is 0 Å². The van der Waals surface area contributed by atoms with Crippen LogP contribution in [0.1, 0.15) is 18.2 Å². The summed E-state index contributed by atoms with van der Waals surface area (Å²) in [4.78, 5) is 9.00. The number of aliphatic hydroxyl groups excluding tert-OH is 1. The third-order valence-corrected chi connectivity index (χ3v) is 4.26. The number of nitrogens with one attached hydrogen (secondary N) is 1. The molecule has 0 saturated heterocycles. The molecule has 2 aromatic carbocycles. The number of hydrogen-bond acceptors (Lipinski definition) is 3. The number of carboxylic acids is 1. The van der Waals surface area contributed by atoms with Crippen LogP contribution in [0.4, 0.5) is 5.69 Å². The van der Waals surface area contributed by atoms with Crippen LogP contribution in [0.25, 0.3) is 10.9 Å². The Hall–Kier alpha value is -2.79. The molecule has 3 aromatic rings. The van der Waals surface area contributed by atoms with Gasteiger partial charge < -0.3 is 20.1 Å². The molecule has 3 N–H and O–H groups in total. The smallest absolute Gasteiger partial charge is 0.300 e. The highest BCUT2D eigenvalue weighted by Gasteiger charge is 2.13. The number of fused-ring (bicyclic) bond motifs is 1. The number of para-hydroxylation sites is 2. The highest BCUT2D eigenvalue weighted by molar-refractivity contribution is 5.85. The molecule has 26 heavy (non-hydrogen) atoms. The molecule has 0 fully saturated rings. The van der Waals surface area contributed by atoms with Crippen LogP contribution in [-0.4, -0.2) is 33.4 Å². The van der Waals surface area contributed by atoms with E-state index in [4.69, 9.17) is 9.90 Å². The molecule has 5 nitrogen and oxygen atoms in total. The number of aryl methyl sites for hydroxylation is 1. The van der Waals surface area contributed by atoms with Crippen molar-refractivity contribution in [1.29, 1.82) is 0 Å². The number of anilines is 1. The summed E-state index contributed by atoms with van der Waals surface area (Å²) in [6, 6.07) is 18.3. The molecule has 0 bridgehead atoms. The van der Waals surface area contributed by atoms with Crippen LogP contribution in [0, 0.1) is 13.8 Å². The van der Waals surface area contributed by atoms with Crippen LogP contribution in [0.2, 0.25) is 0 Å². The Balaban J connectivity index is 0.000000552. The zero-order valence-corrected chi connectivity index (χ0v) is 15.4. The summed E-state index contributed by atoms with van der Waals surface area (Å²) in [5.74, 6) is -0.833. The first kappa shape index (κ1) is 19.5. The topological polar surface area (TPSA) is 74.5 Å². The van der Waals surface area contributed by atoms with Gasteiger partial charge in [0, 0.05) is 35.8 Å². The molecule has 0 amide bonds. The third kappa shape index (κ3) is 5.10. The molecule has 0 spiro atoms. The Labute approximate surface area is 153 Å². The second kappa shape index (κ2) is 9.06. The average Bonchev–Trinajstić information content (AvgIpc) is 2.86. The van der Waals surface area contributed by atoms with Crippen molar-refractivity contribution >= 4 is 22.6 Å². The largest absolute Gasteiger partial charge is 0.481 e. The van der Waals surface area contributed by atoms with E-state index in [1.165, 1.54) is 22.2 Å². The number of rotatable bonds is 5. The van der Waals surface area contributed by atoms with Gasteiger partial charge in [-0.1, -0.05) is 36.4 Å². The normalized spacial score (nSPS) is 11.5. The van der Waals surface area contributed by atoms with Crippen LogP contribution in [0.15, 0.2) is 54.6 Å². The molecule has 0 aliphatic heterocycles. The molecule has 0 radical (unpaired) electrons. The first-order chi connectivity index (χ1) is 12.4. The second-order valence-corrected chi connectivity index (χ2v) is 6.26. The van der Waals surface area contributed by atoms with Crippen molar-refractivity contribution in [3.05, 3.63) is 65.9 Å². The summed E-state index contributed by atoms with van der Waals surface area (Å²) in [6.45, 7) is 6.48. The first-order valence-corrected chi connectivity index (χ1v) is 8.61. The Morgan fingerprint density at radius 1 is 1.08 bits per heavy atom. The monoisotopic (exact) mass is 354 g/mol. The molecule has 1 atom stereocenters.